The first-order valence-corrected chi connectivity index (χ1v) is 13.4. The predicted molar refractivity (Wildman–Crippen MR) is 151 cm³/mol. The number of urea groups is 1. The molecule has 2 heterocycles. The standard InChI is InChI=1S/C29H31F3N6O5/c1-17-14-38(18(2)16-39)27(41)21-5-4-6-22(36-26(40)23-13-33-11-12-34-23)25(21)43-24(17)15-37(3)28(42)35-20-9-7-19(8-10-20)29(30,31)32/h4-13,17-18,24,39H,14-16H2,1-3H3,(H,35,42)(H,36,40)/t17-,18-,24-/m0/s1. The molecule has 0 saturated carbocycles. The number of hydrogen-bond acceptors (Lipinski definition) is 7. The number of aromatic nitrogens is 2. The summed E-state index contributed by atoms with van der Waals surface area (Å²) in [7, 11) is 1.50. The van der Waals surface area contributed by atoms with Gasteiger partial charge in [0.05, 0.1) is 42.2 Å². The molecule has 0 unspecified atom stereocenters. The number of carbonyl (C=O) groups excluding carboxylic acids is 3. The molecule has 0 saturated heterocycles. The Morgan fingerprint density at radius 2 is 1.88 bits per heavy atom. The molecule has 2 aromatic carbocycles. The number of amides is 4. The van der Waals surface area contributed by atoms with Gasteiger partial charge < -0.3 is 30.3 Å². The quantitative estimate of drug-likeness (QED) is 0.371. The van der Waals surface area contributed by atoms with Gasteiger partial charge in [-0.2, -0.15) is 13.2 Å². The second-order valence-corrected chi connectivity index (χ2v) is 10.2. The third-order valence-corrected chi connectivity index (χ3v) is 7.00. The van der Waals surface area contributed by atoms with E-state index in [2.05, 4.69) is 20.6 Å². The van der Waals surface area contributed by atoms with Gasteiger partial charge in [0.25, 0.3) is 11.8 Å². The van der Waals surface area contributed by atoms with Crippen LogP contribution in [-0.2, 0) is 6.18 Å². The molecule has 3 atom stereocenters. The molecule has 4 amide bonds. The van der Waals surface area contributed by atoms with Crippen LogP contribution in [-0.4, -0.2) is 81.6 Å². The minimum atomic E-state index is -4.50. The molecule has 14 heteroatoms. The molecular weight excluding hydrogens is 569 g/mol. The number of fused-ring (bicyclic) bond motifs is 1. The lowest BCUT2D eigenvalue weighted by Gasteiger charge is -2.38. The number of benzene rings is 2. The Labute approximate surface area is 245 Å². The first-order valence-electron chi connectivity index (χ1n) is 13.4. The van der Waals surface area contributed by atoms with Crippen molar-refractivity contribution >= 4 is 29.2 Å². The van der Waals surface area contributed by atoms with Gasteiger partial charge in [-0.15, -0.1) is 0 Å². The number of aliphatic hydroxyl groups excluding tert-OH is 1. The van der Waals surface area contributed by atoms with Crippen LogP contribution in [0.1, 0.15) is 40.3 Å². The third-order valence-electron chi connectivity index (χ3n) is 7.00. The van der Waals surface area contributed by atoms with E-state index in [0.717, 1.165) is 24.3 Å². The van der Waals surface area contributed by atoms with Crippen molar-refractivity contribution in [1.82, 2.24) is 19.8 Å². The molecule has 0 spiro atoms. The van der Waals surface area contributed by atoms with Crippen LogP contribution in [0.15, 0.2) is 61.1 Å². The van der Waals surface area contributed by atoms with Crippen molar-refractivity contribution in [2.45, 2.75) is 32.2 Å². The molecule has 3 aromatic rings. The van der Waals surface area contributed by atoms with E-state index in [1.807, 2.05) is 6.92 Å². The Bertz CT molecular complexity index is 1460. The van der Waals surface area contributed by atoms with Crippen LogP contribution >= 0.6 is 0 Å². The van der Waals surface area contributed by atoms with Crippen molar-refractivity contribution in [2.24, 2.45) is 5.92 Å². The number of carbonyl (C=O) groups is 3. The summed E-state index contributed by atoms with van der Waals surface area (Å²) in [5.74, 6) is -1.28. The lowest BCUT2D eigenvalue weighted by atomic mass is 9.99. The lowest BCUT2D eigenvalue weighted by molar-refractivity contribution is -0.137. The highest BCUT2D eigenvalue weighted by Gasteiger charge is 2.35. The van der Waals surface area contributed by atoms with Gasteiger partial charge in [-0.05, 0) is 43.3 Å². The van der Waals surface area contributed by atoms with Crippen LogP contribution in [0.25, 0.3) is 0 Å². The first-order chi connectivity index (χ1) is 20.4. The van der Waals surface area contributed by atoms with Gasteiger partial charge in [-0.3, -0.25) is 14.6 Å². The Morgan fingerprint density at radius 1 is 1.16 bits per heavy atom. The maximum atomic E-state index is 13.6. The maximum absolute atomic E-state index is 13.6. The Morgan fingerprint density at radius 3 is 2.51 bits per heavy atom. The number of anilines is 2. The summed E-state index contributed by atoms with van der Waals surface area (Å²) in [5.41, 5.74) is -0.297. The van der Waals surface area contributed by atoms with Crippen LogP contribution in [0.3, 0.4) is 0 Å². The largest absolute Gasteiger partial charge is 0.485 e. The van der Waals surface area contributed by atoms with Gasteiger partial charge in [0.15, 0.2) is 5.75 Å². The Kier molecular flexibility index (Phi) is 9.49. The van der Waals surface area contributed by atoms with E-state index < -0.39 is 41.7 Å². The van der Waals surface area contributed by atoms with Crippen LogP contribution in [0.4, 0.5) is 29.3 Å². The van der Waals surface area contributed by atoms with E-state index in [1.54, 1.807) is 25.1 Å². The van der Waals surface area contributed by atoms with E-state index in [1.165, 1.54) is 35.4 Å². The van der Waals surface area contributed by atoms with Crippen molar-refractivity contribution in [2.75, 3.05) is 37.4 Å². The highest BCUT2D eigenvalue weighted by molar-refractivity contribution is 6.06. The van der Waals surface area contributed by atoms with E-state index in [-0.39, 0.29) is 54.0 Å². The van der Waals surface area contributed by atoms with Crippen molar-refractivity contribution in [1.29, 1.82) is 0 Å². The fourth-order valence-corrected chi connectivity index (χ4v) is 4.48. The molecular formula is C29H31F3N6O5. The molecule has 4 rings (SSSR count). The number of aliphatic hydroxyl groups is 1. The van der Waals surface area contributed by atoms with Gasteiger partial charge in [-0.1, -0.05) is 13.0 Å². The average Bonchev–Trinajstić information content (AvgIpc) is 2.99. The van der Waals surface area contributed by atoms with Crippen molar-refractivity contribution in [3.63, 3.8) is 0 Å². The number of alkyl halides is 3. The van der Waals surface area contributed by atoms with E-state index >= 15 is 0 Å². The second-order valence-electron chi connectivity index (χ2n) is 10.2. The summed E-state index contributed by atoms with van der Waals surface area (Å²) in [4.78, 5) is 50.2. The maximum Gasteiger partial charge on any atom is 0.416 e. The number of likely N-dealkylation sites (N-methyl/N-ethyl adjacent to an activating group) is 1. The number of ether oxygens (including phenoxy) is 1. The highest BCUT2D eigenvalue weighted by atomic mass is 19.4. The summed E-state index contributed by atoms with van der Waals surface area (Å²) in [6.45, 7) is 3.43. The van der Waals surface area contributed by atoms with Crippen LogP contribution in [0, 0.1) is 5.92 Å². The van der Waals surface area contributed by atoms with Crippen LogP contribution in [0.2, 0.25) is 0 Å². The first kappa shape index (κ1) is 31.2. The molecule has 1 aromatic heterocycles. The van der Waals surface area contributed by atoms with Gasteiger partial charge in [0.2, 0.25) is 0 Å². The van der Waals surface area contributed by atoms with Crippen molar-refractivity contribution in [3.8, 4) is 5.75 Å². The van der Waals surface area contributed by atoms with Gasteiger partial charge >= 0.3 is 12.2 Å². The molecule has 0 bridgehead atoms. The topological polar surface area (TPSA) is 137 Å². The highest BCUT2D eigenvalue weighted by Crippen LogP contribution is 2.35. The fraction of sp³-hybridized carbons (Fsp3) is 0.345. The molecule has 0 aliphatic carbocycles. The van der Waals surface area contributed by atoms with Gasteiger partial charge in [-0.25, -0.2) is 9.78 Å². The van der Waals surface area contributed by atoms with E-state index in [4.69, 9.17) is 4.74 Å². The smallest absolute Gasteiger partial charge is 0.416 e. The number of nitrogens with zero attached hydrogens (tertiary/aromatic N) is 4. The summed E-state index contributed by atoms with van der Waals surface area (Å²) in [6.07, 6.45) is -1.14. The monoisotopic (exact) mass is 600 g/mol. The number of halogens is 3. The predicted octanol–water partition coefficient (Wildman–Crippen LogP) is 4.13. The summed E-state index contributed by atoms with van der Waals surface area (Å²) >= 11 is 0. The fourth-order valence-electron chi connectivity index (χ4n) is 4.48. The summed E-state index contributed by atoms with van der Waals surface area (Å²) in [6, 6.07) is 7.61. The molecule has 228 valence electrons. The Hall–Kier alpha value is -4.72. The van der Waals surface area contributed by atoms with Crippen LogP contribution < -0.4 is 15.4 Å². The second kappa shape index (κ2) is 13.1. The van der Waals surface area contributed by atoms with Crippen molar-refractivity contribution < 1.29 is 37.4 Å². The zero-order chi connectivity index (χ0) is 31.3. The van der Waals surface area contributed by atoms with Crippen molar-refractivity contribution in [3.05, 3.63) is 77.9 Å². The van der Waals surface area contributed by atoms with Crippen LogP contribution in [0.5, 0.6) is 5.75 Å². The molecule has 0 fully saturated rings. The molecule has 0 radical (unpaired) electrons. The Balaban J connectivity index is 1.61. The third kappa shape index (κ3) is 7.38. The number of para-hydroxylation sites is 1. The molecule has 3 N–H and O–H groups in total. The number of rotatable bonds is 7. The summed E-state index contributed by atoms with van der Waals surface area (Å²) in [5, 5.41) is 15.1. The molecule has 1 aliphatic rings. The lowest BCUT2D eigenvalue weighted by Crippen LogP contribution is -2.50. The number of nitrogens with one attached hydrogen (secondary N) is 2. The molecule has 11 nitrogen and oxygen atoms in total. The molecule has 1 aliphatic heterocycles. The summed E-state index contributed by atoms with van der Waals surface area (Å²) < 4.78 is 45.1. The number of hydrogen-bond donors (Lipinski definition) is 3. The average molecular weight is 601 g/mol. The zero-order valence-electron chi connectivity index (χ0n) is 23.6. The van der Waals surface area contributed by atoms with E-state index in [0.29, 0.717) is 0 Å². The minimum absolute atomic E-state index is 0.00898. The normalized spacial score (nSPS) is 17.6. The molecule has 43 heavy (non-hydrogen) atoms. The van der Waals surface area contributed by atoms with Gasteiger partial charge in [0.1, 0.15) is 11.8 Å². The van der Waals surface area contributed by atoms with Gasteiger partial charge in [0, 0.05) is 37.6 Å². The zero-order valence-corrected chi connectivity index (χ0v) is 23.6. The SMILES string of the molecule is C[C@H]1CN([C@@H](C)CO)C(=O)c2cccc(NC(=O)c3cnccn3)c2O[C@H]1CN(C)C(=O)Nc1ccc(C(F)(F)F)cc1. The minimum Gasteiger partial charge on any atom is -0.485 e. The van der Waals surface area contributed by atoms with E-state index in [9.17, 15) is 32.7 Å².